The predicted molar refractivity (Wildman–Crippen MR) is 65.4 cm³/mol. The molecule has 1 aromatic carbocycles. The summed E-state index contributed by atoms with van der Waals surface area (Å²) in [5, 5.41) is 0.282. The number of alkyl halides is 1. The van der Waals surface area contributed by atoms with E-state index in [2.05, 4.69) is 15.9 Å². The molecule has 17 heavy (non-hydrogen) atoms. The summed E-state index contributed by atoms with van der Waals surface area (Å²) in [5.74, 6) is -0.538. The highest BCUT2D eigenvalue weighted by atomic mass is 79.9. The first-order valence-electron chi connectivity index (χ1n) is 4.89. The van der Waals surface area contributed by atoms with Gasteiger partial charge in [0.1, 0.15) is 17.4 Å². The minimum Gasteiger partial charge on any atom is -0.449 e. The second-order valence-corrected chi connectivity index (χ2v) is 5.03. The molecule has 1 atom stereocenters. The fourth-order valence-electron chi connectivity index (χ4n) is 1.48. The highest BCUT2D eigenvalue weighted by Crippen LogP contribution is 2.30. The SMILES string of the molecule is Fc1ccc(CC(Br)c2ccc(Cl)o2)c(F)c1. The third-order valence-electron chi connectivity index (χ3n) is 2.32. The Morgan fingerprint density at radius 3 is 2.59 bits per heavy atom. The standard InChI is InChI=1S/C12H8BrClF2O/c13-9(11-3-4-12(14)17-11)5-7-1-2-8(15)6-10(7)16/h1-4,6,9H,5H2. The zero-order valence-electron chi connectivity index (χ0n) is 8.59. The van der Waals surface area contributed by atoms with E-state index < -0.39 is 11.6 Å². The van der Waals surface area contributed by atoms with Crippen LogP contribution in [-0.2, 0) is 6.42 Å². The zero-order chi connectivity index (χ0) is 12.4. The van der Waals surface area contributed by atoms with Crippen LogP contribution < -0.4 is 0 Å². The molecule has 0 saturated heterocycles. The van der Waals surface area contributed by atoms with Gasteiger partial charge in [-0.1, -0.05) is 22.0 Å². The van der Waals surface area contributed by atoms with E-state index in [1.165, 1.54) is 12.1 Å². The molecular weight excluding hydrogens is 313 g/mol. The molecule has 0 radical (unpaired) electrons. The molecule has 1 heterocycles. The van der Waals surface area contributed by atoms with Crippen molar-refractivity contribution in [3.8, 4) is 0 Å². The van der Waals surface area contributed by atoms with Crippen molar-refractivity contribution >= 4 is 27.5 Å². The van der Waals surface area contributed by atoms with E-state index in [0.717, 1.165) is 6.07 Å². The Morgan fingerprint density at radius 2 is 2.00 bits per heavy atom. The van der Waals surface area contributed by atoms with Gasteiger partial charge in [-0.15, -0.1) is 0 Å². The van der Waals surface area contributed by atoms with E-state index in [1.807, 2.05) is 0 Å². The first kappa shape index (κ1) is 12.6. The van der Waals surface area contributed by atoms with Gasteiger partial charge < -0.3 is 4.42 Å². The van der Waals surface area contributed by atoms with Gasteiger partial charge in [0.15, 0.2) is 5.22 Å². The van der Waals surface area contributed by atoms with Crippen LogP contribution in [0, 0.1) is 11.6 Å². The molecule has 0 fully saturated rings. The van der Waals surface area contributed by atoms with Gasteiger partial charge in [0, 0.05) is 6.07 Å². The van der Waals surface area contributed by atoms with E-state index in [-0.39, 0.29) is 10.0 Å². The fraction of sp³-hybridized carbons (Fsp3) is 0.167. The average Bonchev–Trinajstić information content (AvgIpc) is 2.69. The van der Waals surface area contributed by atoms with Crippen molar-refractivity contribution in [3.05, 3.63) is 58.5 Å². The Morgan fingerprint density at radius 1 is 1.24 bits per heavy atom. The van der Waals surface area contributed by atoms with Crippen LogP contribution in [0.25, 0.3) is 0 Å². The molecule has 1 unspecified atom stereocenters. The summed E-state index contributed by atoms with van der Waals surface area (Å²) < 4.78 is 31.3. The Labute approximate surface area is 111 Å². The van der Waals surface area contributed by atoms with Gasteiger partial charge in [-0.25, -0.2) is 8.78 Å². The van der Waals surface area contributed by atoms with Gasteiger partial charge in [0.25, 0.3) is 0 Å². The van der Waals surface area contributed by atoms with Crippen LogP contribution in [-0.4, -0.2) is 0 Å². The molecule has 2 aromatic rings. The van der Waals surface area contributed by atoms with Gasteiger partial charge >= 0.3 is 0 Å². The molecule has 2 rings (SSSR count). The smallest absolute Gasteiger partial charge is 0.193 e. The molecular formula is C12H8BrClF2O. The molecule has 5 heteroatoms. The van der Waals surface area contributed by atoms with Crippen molar-refractivity contribution in [2.24, 2.45) is 0 Å². The topological polar surface area (TPSA) is 13.1 Å². The van der Waals surface area contributed by atoms with Crippen LogP contribution in [0.15, 0.2) is 34.7 Å². The van der Waals surface area contributed by atoms with E-state index in [1.54, 1.807) is 12.1 Å². The monoisotopic (exact) mass is 320 g/mol. The van der Waals surface area contributed by atoms with Crippen LogP contribution in [0.1, 0.15) is 16.2 Å². The summed E-state index contributed by atoms with van der Waals surface area (Å²) in [5.41, 5.74) is 0.417. The molecule has 1 aromatic heterocycles. The maximum atomic E-state index is 13.4. The highest BCUT2D eigenvalue weighted by molar-refractivity contribution is 9.09. The lowest BCUT2D eigenvalue weighted by atomic mass is 10.1. The Hall–Kier alpha value is -0.870. The Bertz CT molecular complexity index is 527. The van der Waals surface area contributed by atoms with Crippen molar-refractivity contribution in [1.29, 1.82) is 0 Å². The molecule has 0 N–H and O–H groups in total. The van der Waals surface area contributed by atoms with Crippen molar-refractivity contribution in [3.63, 3.8) is 0 Å². The first-order chi connectivity index (χ1) is 8.06. The minimum atomic E-state index is -0.585. The van der Waals surface area contributed by atoms with E-state index >= 15 is 0 Å². The van der Waals surface area contributed by atoms with E-state index in [4.69, 9.17) is 16.0 Å². The molecule has 0 aliphatic carbocycles. The largest absolute Gasteiger partial charge is 0.449 e. The van der Waals surface area contributed by atoms with Gasteiger partial charge in [-0.05, 0) is 41.8 Å². The van der Waals surface area contributed by atoms with Crippen LogP contribution in [0.5, 0.6) is 0 Å². The zero-order valence-corrected chi connectivity index (χ0v) is 10.9. The van der Waals surface area contributed by atoms with Crippen molar-refractivity contribution in [2.75, 3.05) is 0 Å². The van der Waals surface area contributed by atoms with Crippen LogP contribution >= 0.6 is 27.5 Å². The summed E-state index contributed by atoms with van der Waals surface area (Å²) in [7, 11) is 0. The maximum Gasteiger partial charge on any atom is 0.193 e. The first-order valence-corrected chi connectivity index (χ1v) is 6.19. The third kappa shape index (κ3) is 3.07. The van der Waals surface area contributed by atoms with E-state index in [9.17, 15) is 8.78 Å². The van der Waals surface area contributed by atoms with Gasteiger partial charge in [0.2, 0.25) is 0 Å². The number of furan rings is 1. The molecule has 0 amide bonds. The van der Waals surface area contributed by atoms with Crippen molar-refractivity contribution < 1.29 is 13.2 Å². The molecule has 1 nitrogen and oxygen atoms in total. The quantitative estimate of drug-likeness (QED) is 0.734. The third-order valence-corrected chi connectivity index (χ3v) is 3.30. The average molecular weight is 322 g/mol. The summed E-state index contributed by atoms with van der Waals surface area (Å²) in [4.78, 5) is -0.199. The highest BCUT2D eigenvalue weighted by Gasteiger charge is 2.15. The summed E-state index contributed by atoms with van der Waals surface area (Å²) >= 11 is 9.02. The number of halogens is 4. The van der Waals surface area contributed by atoms with Gasteiger partial charge in [-0.3, -0.25) is 0 Å². The molecule has 0 spiro atoms. The van der Waals surface area contributed by atoms with E-state index in [0.29, 0.717) is 17.7 Å². The van der Waals surface area contributed by atoms with Gasteiger partial charge in [-0.2, -0.15) is 0 Å². The minimum absolute atomic E-state index is 0.199. The van der Waals surface area contributed by atoms with Crippen LogP contribution in [0.3, 0.4) is 0 Å². The predicted octanol–water partition coefficient (Wildman–Crippen LogP) is 4.89. The number of rotatable bonds is 3. The molecule has 0 saturated carbocycles. The molecule has 0 bridgehead atoms. The second kappa shape index (κ2) is 5.19. The number of hydrogen-bond acceptors (Lipinski definition) is 1. The second-order valence-electron chi connectivity index (χ2n) is 3.55. The molecule has 90 valence electrons. The van der Waals surface area contributed by atoms with Gasteiger partial charge in [0.05, 0.1) is 4.83 Å². The molecule has 0 aliphatic heterocycles. The van der Waals surface area contributed by atoms with Crippen molar-refractivity contribution in [2.45, 2.75) is 11.2 Å². The van der Waals surface area contributed by atoms with Crippen LogP contribution in [0.4, 0.5) is 8.78 Å². The normalized spacial score (nSPS) is 12.7. The summed E-state index contributed by atoms with van der Waals surface area (Å²) in [6, 6.07) is 6.84. The number of hydrogen-bond donors (Lipinski definition) is 0. The number of benzene rings is 1. The molecule has 0 aliphatic rings. The van der Waals surface area contributed by atoms with Crippen molar-refractivity contribution in [1.82, 2.24) is 0 Å². The summed E-state index contributed by atoms with van der Waals surface area (Å²) in [6.45, 7) is 0. The lowest BCUT2D eigenvalue weighted by Crippen LogP contribution is -1.97. The lowest BCUT2D eigenvalue weighted by molar-refractivity contribution is 0.504. The Kier molecular flexibility index (Phi) is 3.84. The maximum absolute atomic E-state index is 13.4. The lowest BCUT2D eigenvalue weighted by Gasteiger charge is -2.07. The fourth-order valence-corrected chi connectivity index (χ4v) is 2.22. The van der Waals surface area contributed by atoms with Crippen LogP contribution in [0.2, 0.25) is 5.22 Å². The Balaban J connectivity index is 2.15. The summed E-state index contributed by atoms with van der Waals surface area (Å²) in [6.07, 6.45) is 0.357.